The number of carbonyl (C=O) groups excluding carboxylic acids is 2. The predicted molar refractivity (Wildman–Crippen MR) is 98.8 cm³/mol. The zero-order valence-corrected chi connectivity index (χ0v) is 14.3. The van der Waals surface area contributed by atoms with Crippen LogP contribution in [-0.4, -0.2) is 24.1 Å². The van der Waals surface area contributed by atoms with Crippen molar-refractivity contribution in [2.75, 3.05) is 12.3 Å². The molecule has 0 bridgehead atoms. The number of benzene rings is 2. The smallest absolute Gasteiger partial charge is 0.239 e. The van der Waals surface area contributed by atoms with Gasteiger partial charge in [-0.15, -0.1) is 0 Å². The Kier molecular flexibility index (Phi) is 7.36. The monoisotopic (exact) mass is 342 g/mol. The molecule has 2 aromatic rings. The van der Waals surface area contributed by atoms with Crippen molar-refractivity contribution >= 4 is 24.4 Å². The average molecular weight is 342 g/mol. The summed E-state index contributed by atoms with van der Waals surface area (Å²) in [7, 11) is 0. The van der Waals surface area contributed by atoms with Crippen molar-refractivity contribution < 1.29 is 9.59 Å². The molecule has 0 fully saturated rings. The number of hydrogen-bond acceptors (Lipinski definition) is 3. The van der Waals surface area contributed by atoms with E-state index in [2.05, 4.69) is 23.3 Å². The van der Waals surface area contributed by atoms with Crippen molar-refractivity contribution in [1.29, 1.82) is 0 Å². The maximum atomic E-state index is 12.2. The first-order valence-electron chi connectivity index (χ1n) is 7.92. The minimum Gasteiger partial charge on any atom is -0.350 e. The van der Waals surface area contributed by atoms with Crippen LogP contribution in [0.2, 0.25) is 0 Å². The fourth-order valence-electron chi connectivity index (χ4n) is 2.31. The van der Waals surface area contributed by atoms with E-state index in [4.69, 9.17) is 0 Å². The van der Waals surface area contributed by atoms with Gasteiger partial charge in [0.2, 0.25) is 11.8 Å². The van der Waals surface area contributed by atoms with Crippen LogP contribution in [0.15, 0.2) is 60.7 Å². The van der Waals surface area contributed by atoms with E-state index < -0.39 is 0 Å². The highest BCUT2D eigenvalue weighted by atomic mass is 32.1. The summed E-state index contributed by atoms with van der Waals surface area (Å²) in [6.07, 6.45) is 0.613. The molecule has 5 heteroatoms. The summed E-state index contributed by atoms with van der Waals surface area (Å²) in [6, 6.07) is 19.4. The van der Waals surface area contributed by atoms with Gasteiger partial charge in [-0.25, -0.2) is 0 Å². The highest BCUT2D eigenvalue weighted by molar-refractivity contribution is 7.80. The van der Waals surface area contributed by atoms with Crippen molar-refractivity contribution in [3.05, 3.63) is 71.8 Å². The summed E-state index contributed by atoms with van der Waals surface area (Å²) in [6.45, 7) is 0.431. The van der Waals surface area contributed by atoms with Crippen molar-refractivity contribution in [3.63, 3.8) is 0 Å². The molecular weight excluding hydrogens is 320 g/mol. The molecule has 2 amide bonds. The van der Waals surface area contributed by atoms with Gasteiger partial charge in [-0.2, -0.15) is 12.6 Å². The Morgan fingerprint density at radius 3 is 2.04 bits per heavy atom. The summed E-state index contributed by atoms with van der Waals surface area (Å²) in [5, 5.41) is 5.48. The second-order valence-corrected chi connectivity index (χ2v) is 5.91. The highest BCUT2D eigenvalue weighted by Gasteiger charge is 2.17. The quantitative estimate of drug-likeness (QED) is 0.644. The number of nitrogens with one attached hydrogen (secondary N) is 2. The Hall–Kier alpha value is -2.27. The number of amides is 2. The zero-order chi connectivity index (χ0) is 17.2. The lowest BCUT2D eigenvalue weighted by Crippen LogP contribution is -2.40. The lowest BCUT2D eigenvalue weighted by molar-refractivity contribution is -0.128. The Balaban J connectivity index is 1.75. The Morgan fingerprint density at radius 2 is 1.46 bits per heavy atom. The van der Waals surface area contributed by atoms with Gasteiger partial charge in [0.15, 0.2) is 0 Å². The molecule has 4 nitrogen and oxygen atoms in total. The molecule has 2 aromatic carbocycles. The number of hydrogen-bond donors (Lipinski definition) is 3. The minimum absolute atomic E-state index is 0.0231. The van der Waals surface area contributed by atoms with Gasteiger partial charge < -0.3 is 10.6 Å². The van der Waals surface area contributed by atoms with Gasteiger partial charge in [0.25, 0.3) is 0 Å². The summed E-state index contributed by atoms with van der Waals surface area (Å²) >= 11 is 4.26. The molecule has 2 N–H and O–H groups in total. The fraction of sp³-hybridized carbons (Fsp3) is 0.263. The van der Waals surface area contributed by atoms with E-state index in [-0.39, 0.29) is 24.3 Å². The molecule has 0 saturated carbocycles. The van der Waals surface area contributed by atoms with Crippen LogP contribution >= 0.6 is 12.6 Å². The van der Waals surface area contributed by atoms with Gasteiger partial charge in [0, 0.05) is 12.3 Å². The molecule has 1 atom stereocenters. The Bertz CT molecular complexity index is 647. The Morgan fingerprint density at radius 1 is 0.875 bits per heavy atom. The second-order valence-electron chi connectivity index (χ2n) is 5.55. The first kappa shape index (κ1) is 18.1. The topological polar surface area (TPSA) is 58.2 Å². The lowest BCUT2D eigenvalue weighted by atomic mass is 10.0. The molecule has 2 rings (SSSR count). The lowest BCUT2D eigenvalue weighted by Gasteiger charge is -2.14. The molecule has 0 aliphatic heterocycles. The zero-order valence-electron chi connectivity index (χ0n) is 13.4. The molecule has 0 aliphatic carbocycles. The van der Waals surface area contributed by atoms with Gasteiger partial charge in [-0.05, 0) is 17.5 Å². The molecular formula is C19H22N2O2S. The van der Waals surface area contributed by atoms with Crippen molar-refractivity contribution in [3.8, 4) is 0 Å². The van der Waals surface area contributed by atoms with E-state index in [9.17, 15) is 9.59 Å². The van der Waals surface area contributed by atoms with Crippen LogP contribution in [0.3, 0.4) is 0 Å². The predicted octanol–water partition coefficient (Wildman–Crippen LogP) is 2.21. The highest BCUT2D eigenvalue weighted by Crippen LogP contribution is 2.10. The third-order valence-electron chi connectivity index (χ3n) is 3.67. The summed E-state index contributed by atoms with van der Waals surface area (Å²) in [4.78, 5) is 24.1. The molecule has 0 spiro atoms. The number of rotatable bonds is 8. The van der Waals surface area contributed by atoms with Crippen LogP contribution in [0, 0.1) is 5.92 Å². The van der Waals surface area contributed by atoms with E-state index in [1.807, 2.05) is 60.7 Å². The third-order valence-corrected chi connectivity index (χ3v) is 4.11. The normalized spacial score (nSPS) is 11.5. The maximum absolute atomic E-state index is 12.2. The van der Waals surface area contributed by atoms with E-state index in [1.165, 1.54) is 0 Å². The third kappa shape index (κ3) is 6.08. The van der Waals surface area contributed by atoms with Gasteiger partial charge in [0.05, 0.1) is 12.5 Å². The first-order chi connectivity index (χ1) is 11.7. The van der Waals surface area contributed by atoms with Crippen LogP contribution in [0.25, 0.3) is 0 Å². The van der Waals surface area contributed by atoms with E-state index in [1.54, 1.807) is 0 Å². The average Bonchev–Trinajstić information content (AvgIpc) is 2.64. The van der Waals surface area contributed by atoms with Gasteiger partial charge in [-0.3, -0.25) is 9.59 Å². The summed E-state index contributed by atoms with van der Waals surface area (Å²) < 4.78 is 0. The Labute approximate surface area is 148 Å². The fourth-order valence-corrected chi connectivity index (χ4v) is 2.60. The number of carbonyl (C=O) groups is 2. The van der Waals surface area contributed by atoms with Crippen molar-refractivity contribution in [1.82, 2.24) is 10.6 Å². The van der Waals surface area contributed by atoms with Crippen molar-refractivity contribution in [2.24, 2.45) is 5.92 Å². The molecule has 0 heterocycles. The van der Waals surface area contributed by atoms with Gasteiger partial charge in [-0.1, -0.05) is 60.7 Å². The van der Waals surface area contributed by atoms with Gasteiger partial charge >= 0.3 is 0 Å². The van der Waals surface area contributed by atoms with Crippen LogP contribution in [0.5, 0.6) is 0 Å². The van der Waals surface area contributed by atoms with Crippen LogP contribution in [-0.2, 0) is 22.6 Å². The molecule has 0 radical (unpaired) electrons. The van der Waals surface area contributed by atoms with Crippen LogP contribution in [0.4, 0.5) is 0 Å². The van der Waals surface area contributed by atoms with Crippen LogP contribution < -0.4 is 10.6 Å². The van der Waals surface area contributed by atoms with Crippen molar-refractivity contribution in [2.45, 2.75) is 13.0 Å². The summed E-state index contributed by atoms with van der Waals surface area (Å²) in [5.74, 6) is -0.169. The number of thiol groups is 1. The standard InChI is InChI=1S/C19H22N2O2S/c22-18(20-12-16-9-5-2-6-10-16)13-21-19(23)17(14-24)11-15-7-3-1-4-8-15/h1-10,17,24H,11-14H2,(H,20,22)(H,21,23). The van der Waals surface area contributed by atoms with E-state index >= 15 is 0 Å². The molecule has 126 valence electrons. The minimum atomic E-state index is -0.252. The van der Waals surface area contributed by atoms with E-state index in [0.717, 1.165) is 11.1 Å². The molecule has 24 heavy (non-hydrogen) atoms. The largest absolute Gasteiger partial charge is 0.350 e. The van der Waals surface area contributed by atoms with Crippen LogP contribution in [0.1, 0.15) is 11.1 Å². The molecule has 0 aliphatic rings. The summed E-state index contributed by atoms with van der Waals surface area (Å²) in [5.41, 5.74) is 2.11. The molecule has 1 unspecified atom stereocenters. The van der Waals surface area contributed by atoms with Gasteiger partial charge in [0.1, 0.15) is 0 Å². The van der Waals surface area contributed by atoms with E-state index in [0.29, 0.717) is 18.7 Å². The SMILES string of the molecule is O=C(CNC(=O)C(CS)Cc1ccccc1)NCc1ccccc1. The molecule has 0 saturated heterocycles. The first-order valence-corrected chi connectivity index (χ1v) is 8.55. The second kappa shape index (κ2) is 9.78. The molecule has 0 aromatic heterocycles. The maximum Gasteiger partial charge on any atom is 0.239 e.